The number of amides is 1. The highest BCUT2D eigenvalue weighted by Crippen LogP contribution is 2.25. The van der Waals surface area contributed by atoms with Gasteiger partial charge in [0.25, 0.3) is 5.91 Å². The summed E-state index contributed by atoms with van der Waals surface area (Å²) in [6, 6.07) is 14.9. The van der Waals surface area contributed by atoms with Crippen molar-refractivity contribution in [3.05, 3.63) is 71.7 Å². The number of nitrogens with one attached hydrogen (secondary N) is 1. The fourth-order valence-electron chi connectivity index (χ4n) is 2.53. The third-order valence-electron chi connectivity index (χ3n) is 3.85. The molecule has 3 rings (SSSR count). The highest BCUT2D eigenvalue weighted by molar-refractivity contribution is 5.97. The molecule has 1 heterocycles. The van der Waals surface area contributed by atoms with E-state index in [2.05, 4.69) is 10.3 Å². The Morgan fingerprint density at radius 1 is 1.17 bits per heavy atom. The first-order valence-electron chi connectivity index (χ1n) is 7.58. The van der Waals surface area contributed by atoms with Gasteiger partial charge in [-0.3, -0.25) is 4.79 Å². The van der Waals surface area contributed by atoms with Crippen LogP contribution in [0.1, 0.15) is 29.0 Å². The number of halogens is 1. The van der Waals surface area contributed by atoms with Crippen LogP contribution in [-0.4, -0.2) is 18.0 Å². The normalized spacial score (nSPS) is 12.0. The molecule has 5 heteroatoms. The number of hydrogen-bond acceptors (Lipinski definition) is 3. The lowest BCUT2D eigenvalue weighted by Crippen LogP contribution is -2.27. The second-order valence-corrected chi connectivity index (χ2v) is 5.47. The Morgan fingerprint density at radius 3 is 2.58 bits per heavy atom. The van der Waals surface area contributed by atoms with Gasteiger partial charge in [-0.15, -0.1) is 0 Å². The van der Waals surface area contributed by atoms with Crippen LogP contribution < -0.4 is 10.1 Å². The second kappa shape index (κ2) is 6.66. The number of pyridine rings is 1. The average molecular weight is 324 g/mol. The summed E-state index contributed by atoms with van der Waals surface area (Å²) in [4.78, 5) is 16.9. The van der Waals surface area contributed by atoms with Gasteiger partial charge in [0.1, 0.15) is 17.3 Å². The summed E-state index contributed by atoms with van der Waals surface area (Å²) in [5, 5.41) is 3.72. The molecule has 1 N–H and O–H groups in total. The molecule has 1 aromatic heterocycles. The monoisotopic (exact) mass is 324 g/mol. The molecule has 1 unspecified atom stereocenters. The number of methoxy groups -OCH3 is 1. The third-order valence-corrected chi connectivity index (χ3v) is 3.85. The van der Waals surface area contributed by atoms with Crippen molar-refractivity contribution in [3.8, 4) is 5.75 Å². The molecule has 4 nitrogen and oxygen atoms in total. The van der Waals surface area contributed by atoms with E-state index in [0.717, 1.165) is 10.9 Å². The Kier molecular flexibility index (Phi) is 4.42. The van der Waals surface area contributed by atoms with Gasteiger partial charge in [0.2, 0.25) is 0 Å². The Bertz CT molecular complexity index is 878. The lowest BCUT2D eigenvalue weighted by atomic mass is 10.1. The van der Waals surface area contributed by atoms with Crippen LogP contribution in [0.5, 0.6) is 5.75 Å². The van der Waals surface area contributed by atoms with E-state index in [9.17, 15) is 9.18 Å². The van der Waals surface area contributed by atoms with E-state index in [1.165, 1.54) is 12.1 Å². The van der Waals surface area contributed by atoms with Gasteiger partial charge >= 0.3 is 0 Å². The van der Waals surface area contributed by atoms with Crippen LogP contribution in [0.2, 0.25) is 0 Å². The van der Waals surface area contributed by atoms with Crippen LogP contribution in [-0.2, 0) is 0 Å². The largest absolute Gasteiger partial charge is 0.496 e. The first kappa shape index (κ1) is 15.9. The molecule has 24 heavy (non-hydrogen) atoms. The minimum Gasteiger partial charge on any atom is -0.496 e. The number of aromatic nitrogens is 1. The number of fused-ring (bicyclic) bond motifs is 1. The summed E-state index contributed by atoms with van der Waals surface area (Å²) in [6.45, 7) is 1.84. The van der Waals surface area contributed by atoms with Gasteiger partial charge in [-0.2, -0.15) is 0 Å². The summed E-state index contributed by atoms with van der Waals surface area (Å²) in [5.74, 6) is -0.0192. The standard InChI is InChI=1S/C19H17FN2O2/c1-12(13-7-9-14(20)10-8-13)21-19(23)17-11-18(24-2)15-5-3-4-6-16(15)22-17/h3-12H,1-2H3,(H,21,23). The van der Waals surface area contributed by atoms with Crippen molar-refractivity contribution in [2.24, 2.45) is 0 Å². The number of rotatable bonds is 4. The van der Waals surface area contributed by atoms with E-state index in [4.69, 9.17) is 4.74 Å². The van der Waals surface area contributed by atoms with E-state index in [1.807, 2.05) is 31.2 Å². The van der Waals surface area contributed by atoms with Crippen molar-refractivity contribution < 1.29 is 13.9 Å². The van der Waals surface area contributed by atoms with Crippen molar-refractivity contribution in [1.82, 2.24) is 10.3 Å². The molecule has 1 amide bonds. The number of benzene rings is 2. The molecule has 1 atom stereocenters. The molecule has 0 bridgehead atoms. The van der Waals surface area contributed by atoms with Gasteiger partial charge in [-0.05, 0) is 36.8 Å². The molecule has 0 saturated heterocycles. The average Bonchev–Trinajstić information content (AvgIpc) is 2.61. The molecule has 122 valence electrons. The van der Waals surface area contributed by atoms with Crippen LogP contribution >= 0.6 is 0 Å². The Hall–Kier alpha value is -2.95. The van der Waals surface area contributed by atoms with E-state index >= 15 is 0 Å². The fourth-order valence-corrected chi connectivity index (χ4v) is 2.53. The maximum absolute atomic E-state index is 13.0. The lowest BCUT2D eigenvalue weighted by Gasteiger charge is -2.15. The van der Waals surface area contributed by atoms with Gasteiger partial charge in [-0.25, -0.2) is 9.37 Å². The van der Waals surface area contributed by atoms with Crippen molar-refractivity contribution in [2.75, 3.05) is 7.11 Å². The zero-order valence-corrected chi connectivity index (χ0v) is 13.4. The van der Waals surface area contributed by atoms with Crippen molar-refractivity contribution >= 4 is 16.8 Å². The number of hydrogen-bond donors (Lipinski definition) is 1. The summed E-state index contributed by atoms with van der Waals surface area (Å²) in [7, 11) is 1.56. The summed E-state index contributed by atoms with van der Waals surface area (Å²) in [6.07, 6.45) is 0. The summed E-state index contributed by atoms with van der Waals surface area (Å²) in [5.41, 5.74) is 1.79. The predicted molar refractivity (Wildman–Crippen MR) is 90.6 cm³/mol. The van der Waals surface area contributed by atoms with Gasteiger partial charge in [0, 0.05) is 11.5 Å². The van der Waals surface area contributed by atoms with E-state index in [1.54, 1.807) is 25.3 Å². The highest BCUT2D eigenvalue weighted by Gasteiger charge is 2.15. The molecule has 2 aromatic carbocycles. The topological polar surface area (TPSA) is 51.2 Å². The van der Waals surface area contributed by atoms with Gasteiger partial charge in [0.05, 0.1) is 18.7 Å². The van der Waals surface area contributed by atoms with Crippen LogP contribution in [0, 0.1) is 5.82 Å². The first-order valence-corrected chi connectivity index (χ1v) is 7.58. The SMILES string of the molecule is COc1cc(C(=O)NC(C)c2ccc(F)cc2)nc2ccccc12. The quantitative estimate of drug-likeness (QED) is 0.792. The van der Waals surface area contributed by atoms with Gasteiger partial charge < -0.3 is 10.1 Å². The van der Waals surface area contributed by atoms with Crippen molar-refractivity contribution in [2.45, 2.75) is 13.0 Å². The zero-order chi connectivity index (χ0) is 17.1. The number of carbonyl (C=O) groups is 1. The number of nitrogens with zero attached hydrogens (tertiary/aromatic N) is 1. The summed E-state index contributed by atoms with van der Waals surface area (Å²) < 4.78 is 18.4. The van der Waals surface area contributed by atoms with E-state index in [0.29, 0.717) is 11.3 Å². The molecule has 3 aromatic rings. The number of carbonyl (C=O) groups excluding carboxylic acids is 1. The predicted octanol–water partition coefficient (Wildman–Crippen LogP) is 3.87. The number of para-hydroxylation sites is 1. The number of ether oxygens (including phenoxy) is 1. The zero-order valence-electron chi connectivity index (χ0n) is 13.4. The van der Waals surface area contributed by atoms with Crippen LogP contribution in [0.4, 0.5) is 4.39 Å². The molecule has 0 spiro atoms. The summed E-state index contributed by atoms with van der Waals surface area (Å²) >= 11 is 0. The second-order valence-electron chi connectivity index (χ2n) is 5.47. The van der Waals surface area contributed by atoms with E-state index < -0.39 is 0 Å². The lowest BCUT2D eigenvalue weighted by molar-refractivity contribution is 0.0935. The molecular weight excluding hydrogens is 307 g/mol. The highest BCUT2D eigenvalue weighted by atomic mass is 19.1. The van der Waals surface area contributed by atoms with Crippen LogP contribution in [0.15, 0.2) is 54.6 Å². The van der Waals surface area contributed by atoms with Crippen molar-refractivity contribution in [1.29, 1.82) is 0 Å². The van der Waals surface area contributed by atoms with Gasteiger partial charge in [0.15, 0.2) is 0 Å². The molecule has 0 radical (unpaired) electrons. The maximum atomic E-state index is 13.0. The smallest absolute Gasteiger partial charge is 0.270 e. The molecule has 0 aliphatic heterocycles. The third kappa shape index (κ3) is 3.20. The van der Waals surface area contributed by atoms with E-state index in [-0.39, 0.29) is 23.5 Å². The fraction of sp³-hybridized carbons (Fsp3) is 0.158. The molecular formula is C19H17FN2O2. The molecule has 0 aliphatic carbocycles. The molecule has 0 fully saturated rings. The first-order chi connectivity index (χ1) is 11.6. The maximum Gasteiger partial charge on any atom is 0.270 e. The molecule has 0 saturated carbocycles. The van der Waals surface area contributed by atoms with Crippen molar-refractivity contribution in [3.63, 3.8) is 0 Å². The van der Waals surface area contributed by atoms with Gasteiger partial charge in [-0.1, -0.05) is 24.3 Å². The van der Waals surface area contributed by atoms with Crippen LogP contribution in [0.25, 0.3) is 10.9 Å². The Labute approximate surface area is 139 Å². The molecule has 0 aliphatic rings. The van der Waals surface area contributed by atoms with Crippen LogP contribution in [0.3, 0.4) is 0 Å². The Morgan fingerprint density at radius 2 is 1.88 bits per heavy atom. The minimum absolute atomic E-state index is 0.266. The Balaban J connectivity index is 1.87. The minimum atomic E-state index is -0.309.